The molecule has 0 unspecified atom stereocenters. The van der Waals surface area contributed by atoms with E-state index in [9.17, 15) is 37.5 Å². The Balaban J connectivity index is 1.83. The number of carbonyl (C=O) groups is 3. The summed E-state index contributed by atoms with van der Waals surface area (Å²) in [7, 11) is 1.93. The lowest BCUT2D eigenvalue weighted by Gasteiger charge is -2.15. The van der Waals surface area contributed by atoms with E-state index in [4.69, 9.17) is 0 Å². The van der Waals surface area contributed by atoms with Gasteiger partial charge in [-0.2, -0.15) is 13.2 Å². The summed E-state index contributed by atoms with van der Waals surface area (Å²) in [5.41, 5.74) is -0.851. The number of ether oxygens (including phenoxy) is 1. The maximum absolute atomic E-state index is 12.7. The second kappa shape index (κ2) is 9.85. The molecular formula is C25H24F3N3O6. The fraction of sp³-hybridized carbons (Fsp3) is 0.360. The Hall–Kier alpha value is -3.93. The van der Waals surface area contributed by atoms with Gasteiger partial charge in [0.05, 0.1) is 11.3 Å². The quantitative estimate of drug-likeness (QED) is 0.377. The van der Waals surface area contributed by atoms with Crippen molar-refractivity contribution in [2.45, 2.75) is 38.9 Å². The highest BCUT2D eigenvalue weighted by Gasteiger charge is 2.43. The minimum absolute atomic E-state index is 0.0515. The molecule has 0 saturated carbocycles. The Morgan fingerprint density at radius 3 is 2.38 bits per heavy atom. The van der Waals surface area contributed by atoms with Crippen molar-refractivity contribution in [3.05, 3.63) is 57.0 Å². The third-order valence-electron chi connectivity index (χ3n) is 6.52. The molecule has 4 rings (SSSR count). The minimum atomic E-state index is -5.49. The van der Waals surface area contributed by atoms with Crippen molar-refractivity contribution in [3.63, 3.8) is 0 Å². The normalized spacial score (nSPS) is 14.3. The van der Waals surface area contributed by atoms with Crippen LogP contribution in [0.5, 0.6) is 0 Å². The predicted molar refractivity (Wildman–Crippen MR) is 126 cm³/mol. The molecule has 2 aromatic heterocycles. The van der Waals surface area contributed by atoms with Crippen LogP contribution in [0.4, 0.5) is 13.2 Å². The number of fused-ring (bicyclic) bond motifs is 1. The van der Waals surface area contributed by atoms with E-state index >= 15 is 0 Å². The zero-order chi connectivity index (χ0) is 27.1. The molecule has 1 aromatic carbocycles. The first kappa shape index (κ1) is 26.1. The van der Waals surface area contributed by atoms with Crippen LogP contribution in [-0.2, 0) is 29.5 Å². The topological polar surface area (TPSA) is 122 Å². The number of H-pyrrole nitrogens is 1. The number of benzene rings is 1. The number of carboxylic acids is 1. The van der Waals surface area contributed by atoms with Crippen LogP contribution < -0.4 is 5.56 Å². The molecule has 0 radical (unpaired) electrons. The number of carbonyl (C=O) groups excluding carboxylic acids is 2. The summed E-state index contributed by atoms with van der Waals surface area (Å²) in [6.45, 7) is 4.31. The Morgan fingerprint density at radius 1 is 1.11 bits per heavy atom. The van der Waals surface area contributed by atoms with Gasteiger partial charge in [-0.15, -0.1) is 0 Å². The number of halogens is 3. The van der Waals surface area contributed by atoms with Crippen molar-refractivity contribution in [3.8, 4) is 11.3 Å². The van der Waals surface area contributed by atoms with Gasteiger partial charge in [0.2, 0.25) is 0 Å². The number of hydrogen-bond acceptors (Lipinski definition) is 6. The number of pyridine rings is 1. The standard InChI is InChI=1S/C25H24F3N3O6/c1-3-16-18(23(35)37-24(36)25(26,27)28)19(22(33)34)21(32)29-20(16)13-6-7-17-14(10-13)11-15(30(17)2)12-31-8-4-5-9-31/h6-7,10-11H,3-5,8-9,12H2,1-2H3,(H,29,32)(H,33,34). The van der Waals surface area contributed by atoms with Crippen LogP contribution >= 0.6 is 0 Å². The fourth-order valence-corrected chi connectivity index (χ4v) is 4.75. The van der Waals surface area contributed by atoms with Gasteiger partial charge in [0.15, 0.2) is 0 Å². The molecular weight excluding hydrogens is 495 g/mol. The molecule has 1 aliphatic rings. The van der Waals surface area contributed by atoms with Gasteiger partial charge in [-0.25, -0.2) is 14.4 Å². The van der Waals surface area contributed by atoms with Gasteiger partial charge in [-0.3, -0.25) is 9.69 Å². The number of nitrogens with zero attached hydrogens (tertiary/aromatic N) is 2. The summed E-state index contributed by atoms with van der Waals surface area (Å²) in [6.07, 6.45) is -3.25. The fourth-order valence-electron chi connectivity index (χ4n) is 4.75. The van der Waals surface area contributed by atoms with E-state index < -0.39 is 40.8 Å². The van der Waals surface area contributed by atoms with Gasteiger partial charge < -0.3 is 19.4 Å². The molecule has 0 spiro atoms. The summed E-state index contributed by atoms with van der Waals surface area (Å²) in [5.74, 6) is -6.52. The Kier molecular flexibility index (Phi) is 6.96. The van der Waals surface area contributed by atoms with Crippen LogP contribution in [0.25, 0.3) is 22.2 Å². The van der Waals surface area contributed by atoms with E-state index in [1.54, 1.807) is 18.2 Å². The molecule has 9 nitrogen and oxygen atoms in total. The van der Waals surface area contributed by atoms with Gasteiger partial charge in [0.25, 0.3) is 5.56 Å². The summed E-state index contributed by atoms with van der Waals surface area (Å²) < 4.78 is 44.0. The SMILES string of the molecule is CCc1c(-c2ccc3c(c2)cc(CN2CCCC2)n3C)[nH]c(=O)c(C(=O)O)c1C(=O)OC(=O)C(F)(F)F. The lowest BCUT2D eigenvalue weighted by molar-refractivity contribution is -0.193. The molecule has 1 fully saturated rings. The molecule has 196 valence electrons. The molecule has 0 aliphatic carbocycles. The molecule has 1 aliphatic heterocycles. The summed E-state index contributed by atoms with van der Waals surface area (Å²) in [5, 5.41) is 10.3. The highest BCUT2D eigenvalue weighted by atomic mass is 19.4. The van der Waals surface area contributed by atoms with Crippen LogP contribution in [0.3, 0.4) is 0 Å². The first-order valence-corrected chi connectivity index (χ1v) is 11.6. The van der Waals surface area contributed by atoms with E-state index in [1.165, 1.54) is 6.92 Å². The summed E-state index contributed by atoms with van der Waals surface area (Å²) >= 11 is 0. The zero-order valence-electron chi connectivity index (χ0n) is 20.1. The van der Waals surface area contributed by atoms with Gasteiger partial charge in [0.1, 0.15) is 5.56 Å². The number of nitrogens with one attached hydrogen (secondary N) is 1. The van der Waals surface area contributed by atoms with Crippen molar-refractivity contribution in [2.75, 3.05) is 13.1 Å². The second-order valence-electron chi connectivity index (χ2n) is 8.84. The van der Waals surface area contributed by atoms with Crippen molar-refractivity contribution >= 4 is 28.8 Å². The summed E-state index contributed by atoms with van der Waals surface area (Å²) in [6, 6.07) is 7.18. The zero-order valence-corrected chi connectivity index (χ0v) is 20.1. The molecule has 1 saturated heterocycles. The van der Waals surface area contributed by atoms with E-state index in [0.717, 1.165) is 49.1 Å². The number of esters is 2. The smallest absolute Gasteiger partial charge is 0.477 e. The number of aryl methyl sites for hydroxylation is 1. The molecule has 2 N–H and O–H groups in total. The minimum Gasteiger partial charge on any atom is -0.477 e. The predicted octanol–water partition coefficient (Wildman–Crippen LogP) is 3.64. The number of likely N-dealkylation sites (tertiary alicyclic amines) is 1. The lowest BCUT2D eigenvalue weighted by Crippen LogP contribution is -2.31. The third kappa shape index (κ3) is 5.01. The van der Waals surface area contributed by atoms with Gasteiger partial charge in [-0.05, 0) is 61.7 Å². The van der Waals surface area contributed by atoms with Crippen molar-refractivity contribution in [1.82, 2.24) is 14.5 Å². The van der Waals surface area contributed by atoms with Gasteiger partial charge >= 0.3 is 24.1 Å². The average molecular weight is 519 g/mol. The second-order valence-corrected chi connectivity index (χ2v) is 8.84. The molecule has 3 aromatic rings. The first-order valence-electron chi connectivity index (χ1n) is 11.6. The van der Waals surface area contributed by atoms with E-state index in [2.05, 4.69) is 14.6 Å². The highest BCUT2D eigenvalue weighted by molar-refractivity contribution is 6.07. The molecule has 37 heavy (non-hydrogen) atoms. The largest absolute Gasteiger partial charge is 0.491 e. The Bertz CT molecular complexity index is 1470. The monoisotopic (exact) mass is 519 g/mol. The van der Waals surface area contributed by atoms with Crippen LogP contribution in [0.1, 0.15) is 51.7 Å². The third-order valence-corrected chi connectivity index (χ3v) is 6.52. The Morgan fingerprint density at radius 2 is 1.78 bits per heavy atom. The maximum Gasteiger partial charge on any atom is 0.491 e. The number of carboxylic acid groups (broad SMARTS) is 1. The number of aromatic amines is 1. The highest BCUT2D eigenvalue weighted by Crippen LogP contribution is 2.31. The van der Waals surface area contributed by atoms with E-state index in [-0.39, 0.29) is 17.7 Å². The number of rotatable bonds is 6. The van der Waals surface area contributed by atoms with Crippen molar-refractivity contribution in [1.29, 1.82) is 0 Å². The van der Waals surface area contributed by atoms with Gasteiger partial charge in [-0.1, -0.05) is 13.0 Å². The molecule has 3 heterocycles. The van der Waals surface area contributed by atoms with Crippen LogP contribution in [-0.4, -0.2) is 56.7 Å². The van der Waals surface area contributed by atoms with Crippen molar-refractivity contribution < 1.29 is 37.4 Å². The average Bonchev–Trinajstić information content (AvgIpc) is 3.45. The van der Waals surface area contributed by atoms with Crippen molar-refractivity contribution in [2.24, 2.45) is 7.05 Å². The molecule has 12 heteroatoms. The first-order chi connectivity index (χ1) is 17.4. The number of hydrogen-bond donors (Lipinski definition) is 2. The van der Waals surface area contributed by atoms with Crippen LogP contribution in [0, 0.1) is 0 Å². The van der Waals surface area contributed by atoms with Gasteiger partial charge in [0, 0.05) is 30.2 Å². The summed E-state index contributed by atoms with van der Waals surface area (Å²) in [4.78, 5) is 53.1. The van der Waals surface area contributed by atoms with E-state index in [0.29, 0.717) is 5.56 Å². The van der Waals surface area contributed by atoms with E-state index in [1.807, 2.05) is 17.7 Å². The lowest BCUT2D eigenvalue weighted by atomic mass is 9.94. The number of aromatic nitrogens is 2. The number of alkyl halides is 3. The van der Waals surface area contributed by atoms with Crippen LogP contribution in [0.2, 0.25) is 0 Å². The molecule has 0 bridgehead atoms. The molecule has 0 amide bonds. The van der Waals surface area contributed by atoms with Crippen LogP contribution in [0.15, 0.2) is 29.1 Å². The Labute approximate surface area is 208 Å². The molecule has 0 atom stereocenters. The number of aromatic carboxylic acids is 1. The maximum atomic E-state index is 12.7.